The molecule has 15 heavy (non-hydrogen) atoms. The lowest BCUT2D eigenvalue weighted by molar-refractivity contribution is 0.397. The zero-order valence-corrected chi connectivity index (χ0v) is 8.43. The van der Waals surface area contributed by atoms with Gasteiger partial charge >= 0.3 is 0 Å². The molecule has 3 heteroatoms. The van der Waals surface area contributed by atoms with Crippen LogP contribution in [0.25, 0.3) is 0 Å². The van der Waals surface area contributed by atoms with Crippen molar-refractivity contribution in [2.75, 3.05) is 0 Å². The summed E-state index contributed by atoms with van der Waals surface area (Å²) >= 11 is 0. The summed E-state index contributed by atoms with van der Waals surface area (Å²) < 4.78 is 2.22. The molecular weight excluding hydrogens is 186 g/mol. The van der Waals surface area contributed by atoms with Crippen LogP contribution in [0.15, 0.2) is 42.7 Å². The maximum atomic E-state index is 4.29. The third-order valence-corrected chi connectivity index (χ3v) is 2.89. The quantitative estimate of drug-likeness (QED) is 0.758. The Hall–Kier alpha value is -1.61. The van der Waals surface area contributed by atoms with Crippen LogP contribution in [0.5, 0.6) is 0 Å². The molecule has 0 unspecified atom stereocenters. The molecule has 0 amide bonds. The number of benzene rings is 1. The summed E-state index contributed by atoms with van der Waals surface area (Å²) in [4.78, 5) is 4.29. The van der Waals surface area contributed by atoms with Crippen molar-refractivity contribution < 1.29 is 0 Å². The first-order valence-electron chi connectivity index (χ1n) is 5.22. The van der Waals surface area contributed by atoms with Crippen molar-refractivity contribution in [1.82, 2.24) is 14.9 Å². The molecule has 1 aliphatic heterocycles. The zero-order chi connectivity index (χ0) is 10.1. The van der Waals surface area contributed by atoms with Gasteiger partial charge in [0.2, 0.25) is 0 Å². The number of aromatic nitrogens is 2. The number of hydrogen-bond donors (Lipinski definition) is 1. The monoisotopic (exact) mass is 199 g/mol. The smallest absolute Gasteiger partial charge is 0.122 e. The molecule has 2 heterocycles. The predicted octanol–water partition coefficient (Wildman–Crippen LogP) is 1.73. The van der Waals surface area contributed by atoms with E-state index in [-0.39, 0.29) is 0 Å². The van der Waals surface area contributed by atoms with Crippen LogP contribution in [0.2, 0.25) is 0 Å². The van der Waals surface area contributed by atoms with Crippen LogP contribution in [0, 0.1) is 0 Å². The highest BCUT2D eigenvalue weighted by Gasteiger charge is 2.18. The van der Waals surface area contributed by atoms with Gasteiger partial charge in [0, 0.05) is 18.9 Å². The maximum Gasteiger partial charge on any atom is 0.122 e. The summed E-state index contributed by atoms with van der Waals surface area (Å²) in [5.74, 6) is 1.13. The average molecular weight is 199 g/mol. The minimum atomic E-state index is 0.410. The Kier molecular flexibility index (Phi) is 2.03. The average Bonchev–Trinajstić information content (AvgIpc) is 2.77. The lowest BCUT2D eigenvalue weighted by Crippen LogP contribution is -2.32. The van der Waals surface area contributed by atoms with Crippen molar-refractivity contribution in [3.63, 3.8) is 0 Å². The van der Waals surface area contributed by atoms with Crippen molar-refractivity contribution in [3.05, 3.63) is 54.1 Å². The molecule has 3 nitrogen and oxygen atoms in total. The van der Waals surface area contributed by atoms with E-state index in [0.29, 0.717) is 6.04 Å². The van der Waals surface area contributed by atoms with Crippen LogP contribution in [0.3, 0.4) is 0 Å². The van der Waals surface area contributed by atoms with E-state index in [1.807, 2.05) is 12.4 Å². The van der Waals surface area contributed by atoms with Gasteiger partial charge < -0.3 is 9.88 Å². The highest BCUT2D eigenvalue weighted by atomic mass is 15.2. The molecule has 1 aromatic carbocycles. The van der Waals surface area contributed by atoms with Gasteiger partial charge in [0.05, 0.1) is 12.6 Å². The third kappa shape index (κ3) is 1.55. The number of fused-ring (bicyclic) bond motifs is 1. The first-order valence-corrected chi connectivity index (χ1v) is 5.22. The van der Waals surface area contributed by atoms with Crippen molar-refractivity contribution in [3.8, 4) is 0 Å². The van der Waals surface area contributed by atoms with Crippen LogP contribution < -0.4 is 5.32 Å². The topological polar surface area (TPSA) is 29.9 Å². The SMILES string of the molecule is c1ccc([C@@H]2Cn3ccnc3CN2)cc1. The molecule has 2 aromatic rings. The van der Waals surface area contributed by atoms with E-state index in [1.165, 1.54) is 5.56 Å². The lowest BCUT2D eigenvalue weighted by atomic mass is 10.1. The molecule has 1 N–H and O–H groups in total. The van der Waals surface area contributed by atoms with Crippen LogP contribution >= 0.6 is 0 Å². The predicted molar refractivity (Wildman–Crippen MR) is 58.2 cm³/mol. The van der Waals surface area contributed by atoms with Crippen molar-refractivity contribution in [1.29, 1.82) is 0 Å². The fraction of sp³-hybridized carbons (Fsp3) is 0.250. The highest BCUT2D eigenvalue weighted by Crippen LogP contribution is 2.19. The van der Waals surface area contributed by atoms with Gasteiger partial charge in [-0.3, -0.25) is 0 Å². The minimum absolute atomic E-state index is 0.410. The largest absolute Gasteiger partial charge is 0.332 e. The lowest BCUT2D eigenvalue weighted by Gasteiger charge is -2.25. The van der Waals surface area contributed by atoms with Gasteiger partial charge in [-0.2, -0.15) is 0 Å². The Labute approximate surface area is 88.8 Å². The zero-order valence-electron chi connectivity index (χ0n) is 8.43. The number of nitrogens with zero attached hydrogens (tertiary/aromatic N) is 2. The fourth-order valence-corrected chi connectivity index (χ4v) is 2.06. The van der Waals surface area contributed by atoms with Crippen LogP contribution in [-0.2, 0) is 13.1 Å². The van der Waals surface area contributed by atoms with E-state index in [0.717, 1.165) is 18.9 Å². The summed E-state index contributed by atoms with van der Waals surface area (Å²) in [5, 5.41) is 3.49. The molecular formula is C12H13N3. The third-order valence-electron chi connectivity index (χ3n) is 2.89. The molecule has 76 valence electrons. The molecule has 0 spiro atoms. The molecule has 0 aliphatic carbocycles. The maximum absolute atomic E-state index is 4.29. The molecule has 1 atom stereocenters. The summed E-state index contributed by atoms with van der Waals surface area (Å²) in [6.07, 6.45) is 3.91. The fourth-order valence-electron chi connectivity index (χ4n) is 2.06. The van der Waals surface area contributed by atoms with Gasteiger partial charge in [-0.05, 0) is 5.56 Å². The van der Waals surface area contributed by atoms with Crippen LogP contribution in [-0.4, -0.2) is 9.55 Å². The first kappa shape index (κ1) is 8.68. The first-order chi connectivity index (χ1) is 7.43. The standard InChI is InChI=1S/C12H13N3/c1-2-4-10(5-3-1)11-9-15-7-6-13-12(15)8-14-11/h1-7,11,14H,8-9H2/t11-/m0/s1. The molecule has 0 saturated carbocycles. The summed E-state index contributed by atoms with van der Waals surface area (Å²) in [6.45, 7) is 1.83. The Balaban J connectivity index is 1.88. The molecule has 3 rings (SSSR count). The van der Waals surface area contributed by atoms with E-state index >= 15 is 0 Å². The molecule has 1 aromatic heterocycles. The van der Waals surface area contributed by atoms with Crippen LogP contribution in [0.4, 0.5) is 0 Å². The van der Waals surface area contributed by atoms with Crippen molar-refractivity contribution in [2.24, 2.45) is 0 Å². The van der Waals surface area contributed by atoms with E-state index in [1.54, 1.807) is 0 Å². The van der Waals surface area contributed by atoms with Gasteiger partial charge in [0.15, 0.2) is 0 Å². The molecule has 1 aliphatic rings. The Morgan fingerprint density at radius 2 is 2.13 bits per heavy atom. The van der Waals surface area contributed by atoms with Gasteiger partial charge in [0.1, 0.15) is 5.82 Å². The van der Waals surface area contributed by atoms with Gasteiger partial charge in [-0.15, -0.1) is 0 Å². The second kappa shape index (κ2) is 3.51. The summed E-state index contributed by atoms with van der Waals surface area (Å²) in [6, 6.07) is 11.0. The summed E-state index contributed by atoms with van der Waals surface area (Å²) in [5.41, 5.74) is 1.34. The number of nitrogens with one attached hydrogen (secondary N) is 1. The number of imidazole rings is 1. The second-order valence-electron chi connectivity index (χ2n) is 3.84. The number of rotatable bonds is 1. The van der Waals surface area contributed by atoms with Crippen molar-refractivity contribution >= 4 is 0 Å². The van der Waals surface area contributed by atoms with Gasteiger partial charge in [0.25, 0.3) is 0 Å². The second-order valence-corrected chi connectivity index (χ2v) is 3.84. The Morgan fingerprint density at radius 3 is 3.00 bits per heavy atom. The normalized spacial score (nSPS) is 19.9. The van der Waals surface area contributed by atoms with Gasteiger partial charge in [-0.1, -0.05) is 30.3 Å². The van der Waals surface area contributed by atoms with E-state index in [4.69, 9.17) is 0 Å². The Bertz CT molecular complexity index is 447. The highest BCUT2D eigenvalue weighted by molar-refractivity contribution is 5.20. The summed E-state index contributed by atoms with van der Waals surface area (Å²) in [7, 11) is 0. The minimum Gasteiger partial charge on any atom is -0.332 e. The molecule has 0 bridgehead atoms. The van der Waals surface area contributed by atoms with Crippen LogP contribution in [0.1, 0.15) is 17.4 Å². The van der Waals surface area contributed by atoms with Crippen molar-refractivity contribution in [2.45, 2.75) is 19.1 Å². The molecule has 0 fully saturated rings. The van der Waals surface area contributed by atoms with E-state index in [2.05, 4.69) is 45.2 Å². The van der Waals surface area contributed by atoms with E-state index in [9.17, 15) is 0 Å². The van der Waals surface area contributed by atoms with Gasteiger partial charge in [-0.25, -0.2) is 4.98 Å². The Morgan fingerprint density at radius 1 is 1.27 bits per heavy atom. The number of hydrogen-bond acceptors (Lipinski definition) is 2. The molecule has 0 radical (unpaired) electrons. The van der Waals surface area contributed by atoms with E-state index < -0.39 is 0 Å². The molecule has 0 saturated heterocycles.